The first-order valence-electron chi connectivity index (χ1n) is 10.3. The minimum absolute atomic E-state index is 0.0621. The highest BCUT2D eigenvalue weighted by Gasteiger charge is 2.39. The minimum atomic E-state index is -0.0621. The lowest BCUT2D eigenvalue weighted by atomic mass is 9.74. The summed E-state index contributed by atoms with van der Waals surface area (Å²) >= 11 is 0. The van der Waals surface area contributed by atoms with Crippen molar-refractivity contribution in [2.24, 2.45) is 0 Å². The number of benzene rings is 1. The highest BCUT2D eigenvalue weighted by atomic mass is 16.1. The number of hydrogen-bond donors (Lipinski definition) is 1. The predicted octanol–water partition coefficient (Wildman–Crippen LogP) is 3.45. The van der Waals surface area contributed by atoms with E-state index in [1.165, 1.54) is 11.1 Å². The quantitative estimate of drug-likeness (QED) is 0.875. The molecular formula is C23H26N4O. The van der Waals surface area contributed by atoms with Gasteiger partial charge in [0.25, 0.3) is 5.91 Å². The third-order valence-electron chi connectivity index (χ3n) is 6.43. The van der Waals surface area contributed by atoms with Crippen molar-refractivity contribution in [3.05, 3.63) is 58.6 Å². The normalized spacial score (nSPS) is 19.7. The molecule has 5 heteroatoms. The number of anilines is 1. The summed E-state index contributed by atoms with van der Waals surface area (Å²) in [4.78, 5) is 24.3. The number of aromatic nitrogens is 2. The van der Waals surface area contributed by atoms with Crippen molar-refractivity contribution in [1.82, 2.24) is 15.3 Å². The molecule has 0 saturated carbocycles. The highest BCUT2D eigenvalue weighted by Crippen LogP contribution is 2.44. The summed E-state index contributed by atoms with van der Waals surface area (Å²) < 4.78 is 0. The minimum Gasteiger partial charge on any atom is -0.356 e. The Bertz CT molecular complexity index is 971. The molecule has 0 radical (unpaired) electrons. The van der Waals surface area contributed by atoms with E-state index in [9.17, 15) is 4.79 Å². The molecular weight excluding hydrogens is 348 g/mol. The summed E-state index contributed by atoms with van der Waals surface area (Å²) in [6.45, 7) is 6.72. The van der Waals surface area contributed by atoms with E-state index in [0.29, 0.717) is 12.2 Å². The van der Waals surface area contributed by atoms with Gasteiger partial charge < -0.3 is 10.2 Å². The van der Waals surface area contributed by atoms with E-state index < -0.39 is 0 Å². The van der Waals surface area contributed by atoms with Crippen molar-refractivity contribution >= 4 is 17.8 Å². The van der Waals surface area contributed by atoms with E-state index in [0.717, 1.165) is 49.6 Å². The smallest absolute Gasteiger partial charge is 0.270 e. The largest absolute Gasteiger partial charge is 0.356 e. The van der Waals surface area contributed by atoms with E-state index in [-0.39, 0.29) is 17.2 Å². The molecule has 2 aromatic rings. The molecule has 2 aliphatic heterocycles. The lowest BCUT2D eigenvalue weighted by Gasteiger charge is -2.41. The summed E-state index contributed by atoms with van der Waals surface area (Å²) in [6.07, 6.45) is 7.63. The van der Waals surface area contributed by atoms with Crippen LogP contribution in [0.1, 0.15) is 65.6 Å². The van der Waals surface area contributed by atoms with Crippen LogP contribution in [0.4, 0.5) is 5.82 Å². The number of rotatable bonds is 2. The molecule has 0 bridgehead atoms. The molecule has 1 aliphatic carbocycles. The second-order valence-corrected chi connectivity index (χ2v) is 8.46. The van der Waals surface area contributed by atoms with Crippen LogP contribution in [0.2, 0.25) is 0 Å². The molecule has 144 valence electrons. The maximum atomic E-state index is 12.4. The second kappa shape index (κ2) is 6.43. The SMILES string of the molecule is CC(C)c1nc2c(c(N3CCC4(C=Cc5ccccc54)CC3)n1)CCNC2=O. The summed E-state index contributed by atoms with van der Waals surface area (Å²) in [6, 6.07) is 8.75. The molecule has 5 nitrogen and oxygen atoms in total. The third-order valence-corrected chi connectivity index (χ3v) is 6.43. The highest BCUT2D eigenvalue weighted by molar-refractivity contribution is 5.96. The fourth-order valence-corrected chi connectivity index (χ4v) is 4.80. The number of carbonyl (C=O) groups excluding carboxylic acids is 1. The molecule has 3 aliphatic rings. The lowest BCUT2D eigenvalue weighted by Crippen LogP contribution is -2.43. The van der Waals surface area contributed by atoms with Gasteiger partial charge in [0.1, 0.15) is 17.3 Å². The standard InChI is InChI=1S/C23H26N4O/c1-15(2)20-25-19-17(8-12-24-22(19)28)21(26-20)27-13-10-23(11-14-27)9-7-16-5-3-4-6-18(16)23/h3-7,9,15H,8,10-14H2,1-2H3,(H,24,28). The Kier molecular flexibility index (Phi) is 4.00. The number of nitrogens with one attached hydrogen (secondary N) is 1. The van der Waals surface area contributed by atoms with Crippen molar-refractivity contribution in [1.29, 1.82) is 0 Å². The van der Waals surface area contributed by atoms with Gasteiger partial charge in [0.05, 0.1) is 0 Å². The zero-order chi connectivity index (χ0) is 19.3. The molecule has 1 amide bonds. The maximum Gasteiger partial charge on any atom is 0.270 e. The fourth-order valence-electron chi connectivity index (χ4n) is 4.80. The van der Waals surface area contributed by atoms with Crippen LogP contribution in [0.5, 0.6) is 0 Å². The third kappa shape index (κ3) is 2.64. The predicted molar refractivity (Wildman–Crippen MR) is 111 cm³/mol. The zero-order valence-corrected chi connectivity index (χ0v) is 16.5. The molecule has 0 unspecified atom stereocenters. The van der Waals surface area contributed by atoms with Crippen LogP contribution in [-0.4, -0.2) is 35.5 Å². The molecule has 1 aromatic carbocycles. The fraction of sp³-hybridized carbons (Fsp3) is 0.435. The van der Waals surface area contributed by atoms with Crippen molar-refractivity contribution in [3.63, 3.8) is 0 Å². The maximum absolute atomic E-state index is 12.4. The molecule has 1 saturated heterocycles. The molecule has 1 N–H and O–H groups in total. The average Bonchev–Trinajstić information content (AvgIpc) is 3.07. The summed E-state index contributed by atoms with van der Waals surface area (Å²) in [7, 11) is 0. The number of piperidine rings is 1. The van der Waals surface area contributed by atoms with Crippen molar-refractivity contribution in [2.75, 3.05) is 24.5 Å². The Balaban J connectivity index is 1.47. The Morgan fingerprint density at radius 1 is 1.14 bits per heavy atom. The topological polar surface area (TPSA) is 58.1 Å². The monoisotopic (exact) mass is 374 g/mol. The zero-order valence-electron chi connectivity index (χ0n) is 16.5. The van der Waals surface area contributed by atoms with Crippen LogP contribution in [0.25, 0.3) is 6.08 Å². The number of hydrogen-bond acceptors (Lipinski definition) is 4. The summed E-state index contributed by atoms with van der Waals surface area (Å²) in [5.74, 6) is 1.87. The van der Waals surface area contributed by atoms with Crippen molar-refractivity contribution in [2.45, 2.75) is 44.4 Å². The van der Waals surface area contributed by atoms with Gasteiger partial charge in [-0.05, 0) is 30.4 Å². The number of carbonyl (C=O) groups is 1. The van der Waals surface area contributed by atoms with Crippen LogP contribution < -0.4 is 10.2 Å². The Labute approximate surface area is 165 Å². The van der Waals surface area contributed by atoms with E-state index in [2.05, 4.69) is 65.5 Å². The molecule has 3 heterocycles. The van der Waals surface area contributed by atoms with Crippen LogP contribution in [-0.2, 0) is 11.8 Å². The van der Waals surface area contributed by atoms with E-state index >= 15 is 0 Å². The summed E-state index contributed by atoms with van der Waals surface area (Å²) in [5.41, 5.74) is 4.56. The lowest BCUT2D eigenvalue weighted by molar-refractivity contribution is 0.0940. The Morgan fingerprint density at radius 2 is 1.93 bits per heavy atom. The first kappa shape index (κ1) is 17.4. The van der Waals surface area contributed by atoms with Gasteiger partial charge in [0.15, 0.2) is 0 Å². The van der Waals surface area contributed by atoms with Gasteiger partial charge in [0, 0.05) is 36.5 Å². The van der Waals surface area contributed by atoms with Gasteiger partial charge in [-0.25, -0.2) is 9.97 Å². The van der Waals surface area contributed by atoms with Gasteiger partial charge in [-0.15, -0.1) is 0 Å². The van der Waals surface area contributed by atoms with E-state index in [1.807, 2.05) is 0 Å². The van der Waals surface area contributed by atoms with Crippen molar-refractivity contribution < 1.29 is 4.79 Å². The number of allylic oxidation sites excluding steroid dienone is 1. The van der Waals surface area contributed by atoms with E-state index in [4.69, 9.17) is 4.98 Å². The van der Waals surface area contributed by atoms with Crippen LogP contribution >= 0.6 is 0 Å². The molecule has 5 rings (SSSR count). The van der Waals surface area contributed by atoms with E-state index in [1.54, 1.807) is 0 Å². The van der Waals surface area contributed by atoms with Crippen LogP contribution in [0.3, 0.4) is 0 Å². The van der Waals surface area contributed by atoms with Gasteiger partial charge in [-0.1, -0.05) is 50.3 Å². The molecule has 28 heavy (non-hydrogen) atoms. The molecule has 1 spiro atoms. The first-order valence-corrected chi connectivity index (χ1v) is 10.3. The molecule has 1 fully saturated rings. The molecule has 1 aromatic heterocycles. The number of fused-ring (bicyclic) bond motifs is 3. The van der Waals surface area contributed by atoms with Crippen LogP contribution in [0, 0.1) is 0 Å². The Morgan fingerprint density at radius 3 is 2.71 bits per heavy atom. The number of amides is 1. The average molecular weight is 374 g/mol. The molecule has 0 atom stereocenters. The van der Waals surface area contributed by atoms with Gasteiger partial charge in [-0.3, -0.25) is 4.79 Å². The van der Waals surface area contributed by atoms with Gasteiger partial charge >= 0.3 is 0 Å². The number of nitrogens with zero attached hydrogens (tertiary/aromatic N) is 3. The van der Waals surface area contributed by atoms with Gasteiger partial charge in [-0.2, -0.15) is 0 Å². The first-order chi connectivity index (χ1) is 13.6. The Hall–Kier alpha value is -2.69. The second-order valence-electron chi connectivity index (χ2n) is 8.46. The summed E-state index contributed by atoms with van der Waals surface area (Å²) in [5, 5.41) is 2.93. The van der Waals surface area contributed by atoms with Crippen LogP contribution in [0.15, 0.2) is 30.3 Å². The van der Waals surface area contributed by atoms with Crippen molar-refractivity contribution in [3.8, 4) is 0 Å². The van der Waals surface area contributed by atoms with Gasteiger partial charge in [0.2, 0.25) is 0 Å².